The monoisotopic (exact) mass is 466 g/mol. The Bertz CT molecular complexity index is 1350. The Hall–Kier alpha value is -3.92. The Morgan fingerprint density at radius 3 is 2.55 bits per heavy atom. The van der Waals surface area contributed by atoms with Crippen molar-refractivity contribution in [2.24, 2.45) is 4.99 Å². The molecule has 33 heavy (non-hydrogen) atoms. The van der Waals surface area contributed by atoms with E-state index in [4.69, 9.17) is 4.74 Å². The Labute approximate surface area is 190 Å². The Balaban J connectivity index is 1.25. The predicted molar refractivity (Wildman–Crippen MR) is 123 cm³/mol. The molecule has 0 saturated heterocycles. The molecular weight excluding hydrogens is 444 g/mol. The van der Waals surface area contributed by atoms with Crippen LogP contribution in [0.2, 0.25) is 0 Å². The molecule has 0 bridgehead atoms. The van der Waals surface area contributed by atoms with Crippen molar-refractivity contribution < 1.29 is 22.7 Å². The van der Waals surface area contributed by atoms with Gasteiger partial charge >= 0.3 is 0 Å². The summed E-state index contributed by atoms with van der Waals surface area (Å²) in [5.41, 5.74) is 5.10. The van der Waals surface area contributed by atoms with Gasteiger partial charge in [0.2, 0.25) is 5.91 Å². The zero-order chi connectivity index (χ0) is 23.4. The van der Waals surface area contributed by atoms with Crippen molar-refractivity contribution in [3.63, 3.8) is 0 Å². The fourth-order valence-electron chi connectivity index (χ4n) is 3.31. The summed E-state index contributed by atoms with van der Waals surface area (Å²) in [4.78, 5) is 28.6. The molecule has 1 atom stereocenters. The zero-order valence-corrected chi connectivity index (χ0v) is 18.6. The van der Waals surface area contributed by atoms with Gasteiger partial charge in [-0.25, -0.2) is 8.42 Å². The van der Waals surface area contributed by atoms with Gasteiger partial charge in [-0.15, -0.1) is 0 Å². The van der Waals surface area contributed by atoms with E-state index in [9.17, 15) is 18.0 Å². The quantitative estimate of drug-likeness (QED) is 0.478. The minimum Gasteiger partial charge on any atom is -0.481 e. The van der Waals surface area contributed by atoms with Gasteiger partial charge in [0, 0.05) is 12.0 Å². The summed E-state index contributed by atoms with van der Waals surface area (Å²) in [7, 11) is -3.63. The average Bonchev–Trinajstić information content (AvgIpc) is 3.07. The van der Waals surface area contributed by atoms with Crippen LogP contribution in [-0.4, -0.2) is 38.7 Å². The van der Waals surface area contributed by atoms with Gasteiger partial charge in [-0.1, -0.05) is 42.5 Å². The lowest BCUT2D eigenvalue weighted by atomic mass is 10.1. The largest absolute Gasteiger partial charge is 0.481 e. The lowest BCUT2D eigenvalue weighted by Gasteiger charge is -2.15. The molecule has 0 aliphatic carbocycles. The average molecular weight is 467 g/mol. The first kappa shape index (κ1) is 22.3. The molecule has 3 aromatic rings. The van der Waals surface area contributed by atoms with E-state index in [1.165, 1.54) is 6.07 Å². The molecule has 0 radical (unpaired) electrons. The van der Waals surface area contributed by atoms with Gasteiger partial charge in [0.15, 0.2) is 6.10 Å². The summed E-state index contributed by atoms with van der Waals surface area (Å²) in [5, 5.41) is 2.05. The van der Waals surface area contributed by atoms with Gasteiger partial charge in [0.05, 0.1) is 11.4 Å². The predicted octanol–water partition coefficient (Wildman–Crippen LogP) is 1.88. The number of amides is 2. The molecule has 9 nitrogen and oxygen atoms in total. The highest BCUT2D eigenvalue weighted by Gasteiger charge is 2.29. The Kier molecular flexibility index (Phi) is 6.27. The maximum Gasteiger partial charge on any atom is 0.279 e. The van der Waals surface area contributed by atoms with E-state index >= 15 is 0 Å². The van der Waals surface area contributed by atoms with E-state index in [2.05, 4.69) is 20.6 Å². The van der Waals surface area contributed by atoms with Crippen LogP contribution in [0.3, 0.4) is 0 Å². The normalized spacial score (nSPS) is 16.0. The molecule has 1 unspecified atom stereocenters. The van der Waals surface area contributed by atoms with Crippen LogP contribution in [0.15, 0.2) is 76.6 Å². The van der Waals surface area contributed by atoms with Crippen LogP contribution in [0.4, 0.5) is 0 Å². The number of hydrazine groups is 1. The topological polar surface area (TPSA) is 126 Å². The molecule has 3 N–H and O–H groups in total. The summed E-state index contributed by atoms with van der Waals surface area (Å²) in [6.07, 6.45) is -0.885. The number of hydrogen-bond acceptors (Lipinski definition) is 6. The summed E-state index contributed by atoms with van der Waals surface area (Å²) in [6, 6.07) is 19.8. The fourth-order valence-corrected chi connectivity index (χ4v) is 4.57. The molecule has 0 aromatic heterocycles. The maximum atomic E-state index is 12.3. The number of ether oxygens (including phenoxy) is 1. The second kappa shape index (κ2) is 9.29. The Morgan fingerprint density at radius 1 is 1.00 bits per heavy atom. The standard InChI is InChI=1S/C23H22N4O5S/c1-15(32-18-11-10-16-6-2-3-7-17(16)14-18)23(29)26-25-21(28)12-13-24-22-19-8-4-5-9-20(19)33(30,31)27-22/h2-11,14-15H,12-13H2,1H3,(H,24,27)(H,25,28)(H,26,29). The van der Waals surface area contributed by atoms with E-state index in [-0.39, 0.29) is 23.7 Å². The molecule has 0 fully saturated rings. The number of carbonyl (C=O) groups excluding carboxylic acids is 2. The number of benzene rings is 3. The second-order valence-corrected chi connectivity index (χ2v) is 9.04. The van der Waals surface area contributed by atoms with Crippen molar-refractivity contribution in [2.45, 2.75) is 24.3 Å². The van der Waals surface area contributed by atoms with Gasteiger partial charge in [-0.2, -0.15) is 0 Å². The van der Waals surface area contributed by atoms with E-state index < -0.39 is 27.9 Å². The molecule has 1 aliphatic heterocycles. The van der Waals surface area contributed by atoms with Crippen LogP contribution in [0, 0.1) is 0 Å². The first-order chi connectivity index (χ1) is 15.8. The number of rotatable bonds is 6. The number of amidine groups is 1. The van der Waals surface area contributed by atoms with E-state index in [1.807, 2.05) is 36.4 Å². The smallest absolute Gasteiger partial charge is 0.279 e. The SMILES string of the molecule is CC(Oc1ccc2ccccc2c1)C(=O)NNC(=O)CCN=C1NS(=O)(=O)c2ccccc21. The van der Waals surface area contributed by atoms with Crippen molar-refractivity contribution in [2.75, 3.05) is 6.54 Å². The fraction of sp³-hybridized carbons (Fsp3) is 0.174. The van der Waals surface area contributed by atoms with Crippen LogP contribution >= 0.6 is 0 Å². The molecule has 170 valence electrons. The van der Waals surface area contributed by atoms with Crippen LogP contribution in [0.5, 0.6) is 5.75 Å². The van der Waals surface area contributed by atoms with Crippen molar-refractivity contribution in [1.29, 1.82) is 0 Å². The third-order valence-electron chi connectivity index (χ3n) is 5.00. The van der Waals surface area contributed by atoms with Crippen LogP contribution in [-0.2, 0) is 19.6 Å². The zero-order valence-electron chi connectivity index (χ0n) is 17.7. The number of carbonyl (C=O) groups is 2. The van der Waals surface area contributed by atoms with Crippen molar-refractivity contribution in [3.8, 4) is 5.75 Å². The highest BCUT2D eigenvalue weighted by atomic mass is 32.2. The number of nitrogens with one attached hydrogen (secondary N) is 3. The summed E-state index contributed by atoms with van der Waals surface area (Å²) in [6.45, 7) is 1.61. The van der Waals surface area contributed by atoms with Gasteiger partial charge < -0.3 is 4.74 Å². The molecule has 2 amide bonds. The number of hydrogen-bond donors (Lipinski definition) is 3. The van der Waals surface area contributed by atoms with Gasteiger partial charge in [-0.05, 0) is 42.0 Å². The first-order valence-electron chi connectivity index (χ1n) is 10.2. The van der Waals surface area contributed by atoms with E-state index in [1.54, 1.807) is 31.2 Å². The number of nitrogens with zero attached hydrogens (tertiary/aromatic N) is 1. The second-order valence-electron chi connectivity index (χ2n) is 7.39. The third kappa shape index (κ3) is 5.12. The molecule has 1 heterocycles. The summed E-state index contributed by atoms with van der Waals surface area (Å²) < 4.78 is 32.2. The van der Waals surface area contributed by atoms with Crippen molar-refractivity contribution in [1.82, 2.24) is 15.6 Å². The lowest BCUT2D eigenvalue weighted by Crippen LogP contribution is -2.47. The number of fused-ring (bicyclic) bond motifs is 2. The highest BCUT2D eigenvalue weighted by molar-refractivity contribution is 7.90. The summed E-state index contributed by atoms with van der Waals surface area (Å²) >= 11 is 0. The third-order valence-corrected chi connectivity index (χ3v) is 6.40. The summed E-state index contributed by atoms with van der Waals surface area (Å²) in [5.74, 6) is -0.252. The van der Waals surface area contributed by atoms with Crippen LogP contribution < -0.4 is 20.3 Å². The maximum absolute atomic E-state index is 12.3. The van der Waals surface area contributed by atoms with Gasteiger partial charge in [-0.3, -0.25) is 30.2 Å². The molecule has 1 aliphatic rings. The van der Waals surface area contributed by atoms with Gasteiger partial charge in [0.1, 0.15) is 11.6 Å². The Morgan fingerprint density at radius 2 is 1.73 bits per heavy atom. The molecular formula is C23H22N4O5S. The number of sulfonamides is 1. The van der Waals surface area contributed by atoms with E-state index in [0.29, 0.717) is 11.3 Å². The first-order valence-corrected chi connectivity index (χ1v) is 11.7. The minimum absolute atomic E-state index is 0.0387. The van der Waals surface area contributed by atoms with Crippen LogP contribution in [0.25, 0.3) is 10.8 Å². The minimum atomic E-state index is -3.63. The number of aliphatic imine (C=N–C) groups is 1. The van der Waals surface area contributed by atoms with Crippen LogP contribution in [0.1, 0.15) is 18.9 Å². The van der Waals surface area contributed by atoms with Crippen molar-refractivity contribution in [3.05, 3.63) is 72.3 Å². The molecule has 4 rings (SSSR count). The molecule has 3 aromatic carbocycles. The van der Waals surface area contributed by atoms with Crippen molar-refractivity contribution >= 4 is 38.4 Å². The molecule has 0 spiro atoms. The molecule has 0 saturated carbocycles. The van der Waals surface area contributed by atoms with Gasteiger partial charge in [0.25, 0.3) is 15.9 Å². The lowest BCUT2D eigenvalue weighted by molar-refractivity contribution is -0.132. The van der Waals surface area contributed by atoms with E-state index in [0.717, 1.165) is 10.8 Å². The molecule has 10 heteroatoms. The highest BCUT2D eigenvalue weighted by Crippen LogP contribution is 2.22.